The van der Waals surface area contributed by atoms with E-state index in [0.717, 1.165) is 12.8 Å². The minimum atomic E-state index is -0.984. The van der Waals surface area contributed by atoms with Crippen LogP contribution in [0.4, 0.5) is 0 Å². The molecule has 0 aliphatic rings. The number of unbranched alkanes of at least 4 members (excludes halogenated alkanes) is 3. The maximum absolute atomic E-state index is 11.5. The zero-order valence-corrected chi connectivity index (χ0v) is 12.4. The van der Waals surface area contributed by atoms with Crippen LogP contribution >= 0.6 is 11.8 Å². The third kappa shape index (κ3) is 8.39. The normalized spacial score (nSPS) is 11.3. The second-order valence-corrected chi connectivity index (χ2v) is 6.11. The Morgan fingerprint density at radius 1 is 1.17 bits per heavy atom. The highest BCUT2D eigenvalue weighted by Gasteiger charge is 2.29. The molecule has 0 heterocycles. The lowest BCUT2D eigenvalue weighted by Gasteiger charge is -2.18. The van der Waals surface area contributed by atoms with Gasteiger partial charge in [-0.25, -0.2) is 0 Å². The first-order chi connectivity index (χ1) is 8.40. The van der Waals surface area contributed by atoms with Gasteiger partial charge in [-0.1, -0.05) is 12.8 Å². The van der Waals surface area contributed by atoms with Crippen LogP contribution in [0.3, 0.4) is 0 Å². The molecule has 0 saturated heterocycles. The Morgan fingerprint density at radius 3 is 2.33 bits per heavy atom. The second kappa shape index (κ2) is 9.25. The minimum absolute atomic E-state index is 0.0365. The molecule has 18 heavy (non-hydrogen) atoms. The number of carbonyl (C=O) groups excluding carboxylic acids is 1. The van der Waals surface area contributed by atoms with Gasteiger partial charge < -0.3 is 10.4 Å². The van der Waals surface area contributed by atoms with E-state index in [4.69, 9.17) is 5.11 Å². The van der Waals surface area contributed by atoms with Gasteiger partial charge >= 0.3 is 5.97 Å². The number of hydrogen-bond donors (Lipinski definition) is 2. The fraction of sp³-hybridized carbons (Fsp3) is 0.846. The molecule has 4 nitrogen and oxygen atoms in total. The molecule has 0 aliphatic carbocycles. The van der Waals surface area contributed by atoms with Gasteiger partial charge in [0.05, 0.1) is 5.41 Å². The van der Waals surface area contributed by atoms with E-state index in [1.807, 2.05) is 11.8 Å². The largest absolute Gasteiger partial charge is 0.481 e. The smallest absolute Gasteiger partial charge is 0.309 e. The van der Waals surface area contributed by atoms with Crippen molar-refractivity contribution in [3.8, 4) is 0 Å². The zero-order valence-electron chi connectivity index (χ0n) is 11.6. The van der Waals surface area contributed by atoms with Crippen LogP contribution in [-0.4, -0.2) is 35.5 Å². The molecule has 0 rings (SSSR count). The predicted molar refractivity (Wildman–Crippen MR) is 75.9 cm³/mol. The van der Waals surface area contributed by atoms with Gasteiger partial charge in [0.25, 0.3) is 0 Å². The highest BCUT2D eigenvalue weighted by Crippen LogP contribution is 2.19. The van der Waals surface area contributed by atoms with E-state index in [2.05, 4.69) is 11.6 Å². The summed E-state index contributed by atoms with van der Waals surface area (Å²) < 4.78 is 0. The molecular weight excluding hydrogens is 250 g/mol. The van der Waals surface area contributed by atoms with E-state index in [1.165, 1.54) is 18.6 Å². The van der Waals surface area contributed by atoms with Crippen LogP contribution in [0.25, 0.3) is 0 Å². The molecule has 0 bridgehead atoms. The molecule has 1 amide bonds. The van der Waals surface area contributed by atoms with Gasteiger partial charge in [-0.15, -0.1) is 0 Å². The van der Waals surface area contributed by atoms with Gasteiger partial charge in [-0.2, -0.15) is 11.8 Å². The summed E-state index contributed by atoms with van der Waals surface area (Å²) in [5.41, 5.74) is -0.984. The molecule has 0 fully saturated rings. The summed E-state index contributed by atoms with van der Waals surface area (Å²) in [7, 11) is 0. The van der Waals surface area contributed by atoms with Crippen LogP contribution in [0.2, 0.25) is 0 Å². The SMILES string of the molecule is CSCCCCCCNC(=O)CC(C)(C)C(=O)O. The summed E-state index contributed by atoms with van der Waals surface area (Å²) in [6.07, 6.45) is 6.63. The highest BCUT2D eigenvalue weighted by atomic mass is 32.2. The van der Waals surface area contributed by atoms with Crippen molar-refractivity contribution in [2.24, 2.45) is 5.41 Å². The van der Waals surface area contributed by atoms with Crippen molar-refractivity contribution in [1.82, 2.24) is 5.32 Å². The zero-order chi connectivity index (χ0) is 14.0. The lowest BCUT2D eigenvalue weighted by molar-refractivity contribution is -0.149. The molecule has 0 aromatic heterocycles. The first-order valence-electron chi connectivity index (χ1n) is 6.39. The number of carboxylic acids is 1. The Bertz CT molecular complexity index is 267. The Kier molecular flexibility index (Phi) is 8.89. The van der Waals surface area contributed by atoms with Gasteiger partial charge in [-0.3, -0.25) is 9.59 Å². The van der Waals surface area contributed by atoms with Crippen LogP contribution in [0.5, 0.6) is 0 Å². The van der Waals surface area contributed by atoms with Crippen molar-refractivity contribution in [2.75, 3.05) is 18.6 Å². The number of rotatable bonds is 10. The first-order valence-corrected chi connectivity index (χ1v) is 7.78. The van der Waals surface area contributed by atoms with Crippen LogP contribution in [-0.2, 0) is 9.59 Å². The van der Waals surface area contributed by atoms with Crippen LogP contribution in [0, 0.1) is 5.41 Å². The van der Waals surface area contributed by atoms with E-state index < -0.39 is 11.4 Å². The summed E-state index contributed by atoms with van der Waals surface area (Å²) in [5.74, 6) is 0.0836. The lowest BCUT2D eigenvalue weighted by atomic mass is 9.89. The van der Waals surface area contributed by atoms with Crippen molar-refractivity contribution in [1.29, 1.82) is 0 Å². The molecule has 0 unspecified atom stereocenters. The number of amides is 1. The van der Waals surface area contributed by atoms with Gasteiger partial charge in [0.1, 0.15) is 0 Å². The molecule has 0 radical (unpaired) electrons. The Morgan fingerprint density at radius 2 is 1.78 bits per heavy atom. The fourth-order valence-electron chi connectivity index (χ4n) is 1.49. The van der Waals surface area contributed by atoms with Gasteiger partial charge in [0.15, 0.2) is 0 Å². The Hall–Kier alpha value is -0.710. The summed E-state index contributed by atoms with van der Waals surface area (Å²) in [4.78, 5) is 22.4. The van der Waals surface area contributed by atoms with Crippen molar-refractivity contribution in [2.45, 2.75) is 46.0 Å². The molecule has 5 heteroatoms. The van der Waals surface area contributed by atoms with Crippen molar-refractivity contribution in [3.05, 3.63) is 0 Å². The van der Waals surface area contributed by atoms with E-state index in [0.29, 0.717) is 6.54 Å². The number of thioether (sulfide) groups is 1. The number of carboxylic acid groups (broad SMARTS) is 1. The number of carbonyl (C=O) groups is 2. The molecule has 0 spiro atoms. The molecule has 0 aliphatic heterocycles. The summed E-state index contributed by atoms with van der Waals surface area (Å²) in [6, 6.07) is 0. The van der Waals surface area contributed by atoms with E-state index in [1.54, 1.807) is 13.8 Å². The molecule has 0 aromatic carbocycles. The monoisotopic (exact) mass is 275 g/mol. The third-order valence-corrected chi connectivity index (χ3v) is 3.48. The number of hydrogen-bond acceptors (Lipinski definition) is 3. The van der Waals surface area contributed by atoms with E-state index >= 15 is 0 Å². The molecule has 0 aromatic rings. The number of aliphatic carboxylic acids is 1. The molecule has 0 saturated carbocycles. The van der Waals surface area contributed by atoms with Crippen LogP contribution in [0.1, 0.15) is 46.0 Å². The van der Waals surface area contributed by atoms with Gasteiger partial charge in [0.2, 0.25) is 5.91 Å². The topological polar surface area (TPSA) is 66.4 Å². The number of nitrogens with one attached hydrogen (secondary N) is 1. The first kappa shape index (κ1) is 17.3. The quantitative estimate of drug-likeness (QED) is 0.601. The fourth-order valence-corrected chi connectivity index (χ4v) is 1.99. The van der Waals surface area contributed by atoms with Crippen LogP contribution < -0.4 is 5.32 Å². The Balaban J connectivity index is 3.57. The van der Waals surface area contributed by atoms with E-state index in [-0.39, 0.29) is 12.3 Å². The summed E-state index contributed by atoms with van der Waals surface area (Å²) in [6.45, 7) is 3.78. The molecule has 106 valence electrons. The third-order valence-electron chi connectivity index (χ3n) is 2.78. The van der Waals surface area contributed by atoms with Gasteiger partial charge in [-0.05, 0) is 38.7 Å². The van der Waals surface area contributed by atoms with Crippen molar-refractivity contribution < 1.29 is 14.7 Å². The molecular formula is C13H25NO3S. The lowest BCUT2D eigenvalue weighted by Crippen LogP contribution is -2.33. The highest BCUT2D eigenvalue weighted by molar-refractivity contribution is 7.98. The maximum Gasteiger partial charge on any atom is 0.309 e. The molecule has 0 atom stereocenters. The van der Waals surface area contributed by atoms with Gasteiger partial charge in [0, 0.05) is 13.0 Å². The molecule has 2 N–H and O–H groups in total. The average Bonchev–Trinajstić information content (AvgIpc) is 2.27. The summed E-state index contributed by atoms with van der Waals surface area (Å²) in [5, 5.41) is 11.7. The van der Waals surface area contributed by atoms with Crippen LogP contribution in [0.15, 0.2) is 0 Å². The summed E-state index contributed by atoms with van der Waals surface area (Å²) >= 11 is 1.85. The average molecular weight is 275 g/mol. The van der Waals surface area contributed by atoms with Crippen molar-refractivity contribution >= 4 is 23.6 Å². The van der Waals surface area contributed by atoms with Crippen molar-refractivity contribution in [3.63, 3.8) is 0 Å². The Labute approximate surface area is 114 Å². The predicted octanol–water partition coefficient (Wildman–Crippen LogP) is 2.53. The minimum Gasteiger partial charge on any atom is -0.481 e. The van der Waals surface area contributed by atoms with E-state index in [9.17, 15) is 9.59 Å². The maximum atomic E-state index is 11.5. The second-order valence-electron chi connectivity index (χ2n) is 5.12. The standard InChI is InChI=1S/C13H25NO3S/c1-13(2,12(16)17)10-11(15)14-8-6-4-5-7-9-18-3/h4-10H2,1-3H3,(H,14,15)(H,16,17).